The Morgan fingerprint density at radius 2 is 2.09 bits per heavy atom. The predicted molar refractivity (Wildman–Crippen MR) is 81.3 cm³/mol. The van der Waals surface area contributed by atoms with Crippen LogP contribution in [0.5, 0.6) is 5.75 Å². The molecule has 0 aromatic heterocycles. The van der Waals surface area contributed by atoms with Gasteiger partial charge in [-0.05, 0) is 26.8 Å². The van der Waals surface area contributed by atoms with Crippen LogP contribution in [0.2, 0.25) is 0 Å². The first-order valence-corrected chi connectivity index (χ1v) is 7.23. The lowest BCUT2D eigenvalue weighted by molar-refractivity contribution is -0.385. The number of carbonyl (C=O) groups excluding carboxylic acids is 1. The van der Waals surface area contributed by atoms with Gasteiger partial charge in [-0.1, -0.05) is 6.07 Å². The van der Waals surface area contributed by atoms with Crippen molar-refractivity contribution in [1.82, 2.24) is 4.90 Å². The molecular formula is C15H20N2O6. The van der Waals surface area contributed by atoms with E-state index in [4.69, 9.17) is 9.47 Å². The summed E-state index contributed by atoms with van der Waals surface area (Å²) in [6.45, 7) is 5.52. The van der Waals surface area contributed by atoms with Gasteiger partial charge in [0.1, 0.15) is 23.6 Å². The van der Waals surface area contributed by atoms with E-state index in [9.17, 15) is 20.0 Å². The molecule has 2 rings (SSSR count). The van der Waals surface area contributed by atoms with E-state index in [-0.39, 0.29) is 24.5 Å². The summed E-state index contributed by atoms with van der Waals surface area (Å²) < 4.78 is 10.8. The first kappa shape index (κ1) is 17.0. The highest BCUT2D eigenvalue weighted by Gasteiger charge is 2.37. The zero-order chi connectivity index (χ0) is 17.2. The number of rotatable bonds is 3. The van der Waals surface area contributed by atoms with Crippen LogP contribution in [0.3, 0.4) is 0 Å². The minimum absolute atomic E-state index is 0.0918. The second-order valence-electron chi connectivity index (χ2n) is 6.36. The number of carbonyl (C=O) groups is 1. The van der Waals surface area contributed by atoms with Gasteiger partial charge in [-0.3, -0.25) is 10.1 Å². The number of nitro benzene ring substituents is 1. The van der Waals surface area contributed by atoms with Crippen molar-refractivity contribution in [3.05, 3.63) is 34.4 Å². The van der Waals surface area contributed by atoms with Crippen LogP contribution in [-0.4, -0.2) is 51.9 Å². The molecule has 0 spiro atoms. The molecule has 1 aliphatic heterocycles. The summed E-state index contributed by atoms with van der Waals surface area (Å²) in [6.07, 6.45) is -2.08. The minimum atomic E-state index is -0.887. The standard InChI is InChI=1S/C15H20N2O6/c1-15(2,3)23-14(19)16-8-12(18)13(9-16)22-11-6-4-5-10(7-11)17(20)21/h4-7,12-13,18H,8-9H2,1-3H3/t12-,13+/m0/s1. The molecule has 0 aliphatic carbocycles. The largest absolute Gasteiger partial charge is 0.486 e. The van der Waals surface area contributed by atoms with E-state index in [0.717, 1.165) is 0 Å². The van der Waals surface area contributed by atoms with E-state index < -0.39 is 28.8 Å². The number of aliphatic hydroxyl groups excluding tert-OH is 1. The van der Waals surface area contributed by atoms with Crippen LogP contribution >= 0.6 is 0 Å². The average molecular weight is 324 g/mol. The molecule has 2 atom stereocenters. The molecular weight excluding hydrogens is 304 g/mol. The number of amides is 1. The maximum atomic E-state index is 12.0. The zero-order valence-corrected chi connectivity index (χ0v) is 13.3. The van der Waals surface area contributed by atoms with Crippen LogP contribution in [-0.2, 0) is 4.74 Å². The SMILES string of the molecule is CC(C)(C)OC(=O)N1C[C@H](O)[C@H](Oc2cccc([N+](=O)[O-])c2)C1. The van der Waals surface area contributed by atoms with Gasteiger partial charge in [0.25, 0.3) is 5.69 Å². The van der Waals surface area contributed by atoms with Crippen LogP contribution in [0.15, 0.2) is 24.3 Å². The van der Waals surface area contributed by atoms with E-state index >= 15 is 0 Å². The van der Waals surface area contributed by atoms with Gasteiger partial charge in [0.05, 0.1) is 24.1 Å². The minimum Gasteiger partial charge on any atom is -0.486 e. The fourth-order valence-electron chi connectivity index (χ4n) is 2.19. The number of nitrogens with zero attached hydrogens (tertiary/aromatic N) is 2. The number of hydrogen-bond acceptors (Lipinski definition) is 6. The smallest absolute Gasteiger partial charge is 0.410 e. The van der Waals surface area contributed by atoms with Gasteiger partial charge >= 0.3 is 6.09 Å². The first-order valence-electron chi connectivity index (χ1n) is 7.23. The summed E-state index contributed by atoms with van der Waals surface area (Å²) >= 11 is 0. The van der Waals surface area contributed by atoms with Crippen molar-refractivity contribution in [2.45, 2.75) is 38.6 Å². The number of β-amino-alcohol motifs (C(OH)–C–C–N with tert-alkyl or cyclic N) is 1. The lowest BCUT2D eigenvalue weighted by atomic mass is 10.2. The summed E-state index contributed by atoms with van der Waals surface area (Å²) in [5.74, 6) is 0.272. The maximum absolute atomic E-state index is 12.0. The molecule has 1 aliphatic rings. The fraction of sp³-hybridized carbons (Fsp3) is 0.533. The van der Waals surface area contributed by atoms with Gasteiger partial charge in [-0.25, -0.2) is 4.79 Å². The third-order valence-electron chi connectivity index (χ3n) is 3.20. The summed E-state index contributed by atoms with van der Waals surface area (Å²) in [7, 11) is 0. The monoisotopic (exact) mass is 324 g/mol. The van der Waals surface area contributed by atoms with Gasteiger partial charge in [0.2, 0.25) is 0 Å². The van der Waals surface area contributed by atoms with Gasteiger partial charge in [0, 0.05) is 6.07 Å². The molecule has 8 nitrogen and oxygen atoms in total. The van der Waals surface area contributed by atoms with Gasteiger partial charge in [0.15, 0.2) is 0 Å². The Morgan fingerprint density at radius 3 is 2.70 bits per heavy atom. The van der Waals surface area contributed by atoms with Crippen LogP contribution in [0, 0.1) is 10.1 Å². The topological polar surface area (TPSA) is 102 Å². The molecule has 1 heterocycles. The molecule has 1 amide bonds. The second kappa shape index (κ2) is 6.41. The van der Waals surface area contributed by atoms with E-state index in [1.807, 2.05) is 0 Å². The Morgan fingerprint density at radius 1 is 1.39 bits per heavy atom. The number of benzene rings is 1. The molecule has 1 aromatic carbocycles. The van der Waals surface area contributed by atoms with Crippen molar-refractivity contribution in [2.24, 2.45) is 0 Å². The number of hydrogen-bond donors (Lipinski definition) is 1. The second-order valence-corrected chi connectivity index (χ2v) is 6.36. The summed E-state index contributed by atoms with van der Waals surface area (Å²) in [5, 5.41) is 20.8. The lowest BCUT2D eigenvalue weighted by Gasteiger charge is -2.24. The number of nitro groups is 1. The molecule has 0 unspecified atom stereocenters. The molecule has 1 fully saturated rings. The van der Waals surface area contributed by atoms with Crippen molar-refractivity contribution in [3.63, 3.8) is 0 Å². The molecule has 8 heteroatoms. The molecule has 0 saturated carbocycles. The van der Waals surface area contributed by atoms with Crippen molar-refractivity contribution < 1.29 is 24.3 Å². The van der Waals surface area contributed by atoms with E-state index in [1.165, 1.54) is 23.1 Å². The Hall–Kier alpha value is -2.35. The first-order chi connectivity index (χ1) is 10.7. The molecule has 0 radical (unpaired) electrons. The van der Waals surface area contributed by atoms with Crippen LogP contribution < -0.4 is 4.74 Å². The Bertz CT molecular complexity index is 598. The van der Waals surface area contributed by atoms with Crippen molar-refractivity contribution in [1.29, 1.82) is 0 Å². The Kier molecular flexibility index (Phi) is 4.74. The van der Waals surface area contributed by atoms with Gasteiger partial charge in [-0.15, -0.1) is 0 Å². The van der Waals surface area contributed by atoms with E-state index in [1.54, 1.807) is 26.8 Å². The van der Waals surface area contributed by atoms with Crippen molar-refractivity contribution in [2.75, 3.05) is 13.1 Å². The van der Waals surface area contributed by atoms with Crippen LogP contribution in [0.1, 0.15) is 20.8 Å². The predicted octanol–water partition coefficient (Wildman–Crippen LogP) is 1.95. The highest BCUT2D eigenvalue weighted by Crippen LogP contribution is 2.24. The van der Waals surface area contributed by atoms with Crippen molar-refractivity contribution >= 4 is 11.8 Å². The lowest BCUT2D eigenvalue weighted by Crippen LogP contribution is -2.36. The molecule has 1 aromatic rings. The molecule has 0 bridgehead atoms. The third kappa shape index (κ3) is 4.56. The fourth-order valence-corrected chi connectivity index (χ4v) is 2.19. The Balaban J connectivity index is 2.01. The van der Waals surface area contributed by atoms with Crippen LogP contribution in [0.4, 0.5) is 10.5 Å². The number of likely N-dealkylation sites (tertiary alicyclic amines) is 1. The normalized spacial score (nSPS) is 21.1. The van der Waals surface area contributed by atoms with E-state index in [2.05, 4.69) is 0 Å². The van der Waals surface area contributed by atoms with Crippen molar-refractivity contribution in [3.8, 4) is 5.75 Å². The summed E-state index contributed by atoms with van der Waals surface area (Å²) in [5.41, 5.74) is -0.722. The highest BCUT2D eigenvalue weighted by atomic mass is 16.6. The molecule has 23 heavy (non-hydrogen) atoms. The summed E-state index contributed by atoms with van der Waals surface area (Å²) in [4.78, 5) is 23.6. The van der Waals surface area contributed by atoms with Crippen LogP contribution in [0.25, 0.3) is 0 Å². The highest BCUT2D eigenvalue weighted by molar-refractivity contribution is 5.68. The number of ether oxygens (including phenoxy) is 2. The Labute approximate surface area is 133 Å². The zero-order valence-electron chi connectivity index (χ0n) is 13.3. The molecule has 1 N–H and O–H groups in total. The summed E-state index contributed by atoms with van der Waals surface area (Å²) in [6, 6.07) is 5.70. The number of aliphatic hydroxyl groups is 1. The third-order valence-corrected chi connectivity index (χ3v) is 3.20. The average Bonchev–Trinajstić information content (AvgIpc) is 2.79. The molecule has 126 valence electrons. The van der Waals surface area contributed by atoms with E-state index in [0.29, 0.717) is 0 Å². The molecule has 1 saturated heterocycles. The van der Waals surface area contributed by atoms with Gasteiger partial charge in [-0.2, -0.15) is 0 Å². The maximum Gasteiger partial charge on any atom is 0.410 e. The quantitative estimate of drug-likeness (QED) is 0.673. The van der Waals surface area contributed by atoms with Gasteiger partial charge < -0.3 is 19.5 Å². The number of non-ortho nitro benzene ring substituents is 1.